The van der Waals surface area contributed by atoms with Crippen molar-refractivity contribution in [1.29, 1.82) is 0 Å². The van der Waals surface area contributed by atoms with Gasteiger partial charge >= 0.3 is 23.3 Å². The Morgan fingerprint density at radius 2 is 1.52 bits per heavy atom. The summed E-state index contributed by atoms with van der Waals surface area (Å²) in [7, 11) is -5.21. The Morgan fingerprint density at radius 1 is 0.889 bits per heavy atom. The molecule has 0 aliphatic rings. The van der Waals surface area contributed by atoms with Crippen LogP contribution < -0.4 is 0 Å². The standard InChI is InChI=1S/C18H24F3NO3Si2/c1-26(2,23-13-15-8-7-11-22-12-15)25-27(3,4)24-14-16-9-5-6-10-17(16)18(19,20)21/h5-12H,13-14H2,1-4H3. The number of alkyl halides is 3. The van der Waals surface area contributed by atoms with Crippen LogP contribution in [-0.4, -0.2) is 22.1 Å². The van der Waals surface area contributed by atoms with E-state index in [1.807, 2.05) is 38.3 Å². The molecule has 2 rings (SSSR count). The van der Waals surface area contributed by atoms with E-state index in [0.717, 1.165) is 11.6 Å². The molecule has 27 heavy (non-hydrogen) atoms. The Balaban J connectivity index is 1.96. The summed E-state index contributed by atoms with van der Waals surface area (Å²) in [6, 6.07) is 9.16. The first kappa shape index (κ1) is 21.8. The summed E-state index contributed by atoms with van der Waals surface area (Å²) < 4.78 is 57.2. The predicted octanol–water partition coefficient (Wildman–Crippen LogP) is 5.25. The maximum absolute atomic E-state index is 13.1. The number of hydrogen-bond donors (Lipinski definition) is 0. The van der Waals surface area contributed by atoms with Gasteiger partial charge in [0.25, 0.3) is 0 Å². The van der Waals surface area contributed by atoms with Gasteiger partial charge in [-0.3, -0.25) is 4.98 Å². The molecule has 0 N–H and O–H groups in total. The monoisotopic (exact) mass is 415 g/mol. The van der Waals surface area contributed by atoms with Gasteiger partial charge in [-0.05, 0) is 49.4 Å². The average Bonchev–Trinajstić information content (AvgIpc) is 2.58. The van der Waals surface area contributed by atoms with Crippen LogP contribution in [-0.2, 0) is 32.4 Å². The third-order valence-electron chi connectivity index (χ3n) is 3.70. The van der Waals surface area contributed by atoms with Crippen LogP contribution in [0.25, 0.3) is 0 Å². The lowest BCUT2D eigenvalue weighted by Gasteiger charge is -2.33. The summed E-state index contributed by atoms with van der Waals surface area (Å²) >= 11 is 0. The fraction of sp³-hybridized carbons (Fsp3) is 0.389. The molecule has 1 aromatic carbocycles. The summed E-state index contributed by atoms with van der Waals surface area (Å²) in [5.41, 5.74) is 0.352. The second-order valence-electron chi connectivity index (χ2n) is 7.00. The molecule has 0 radical (unpaired) electrons. The van der Waals surface area contributed by atoms with Gasteiger partial charge in [0, 0.05) is 12.4 Å². The van der Waals surface area contributed by atoms with Crippen molar-refractivity contribution in [2.45, 2.75) is 45.6 Å². The maximum atomic E-state index is 13.1. The molecule has 148 valence electrons. The fourth-order valence-corrected chi connectivity index (χ4v) is 8.79. The fourth-order valence-electron chi connectivity index (χ4n) is 2.57. The van der Waals surface area contributed by atoms with E-state index in [2.05, 4.69) is 4.98 Å². The number of rotatable bonds is 8. The molecule has 0 atom stereocenters. The Labute approximate surface area is 159 Å². The molecule has 9 heteroatoms. The molecule has 0 spiro atoms. The minimum Gasteiger partial charge on any atom is -0.415 e. The Kier molecular flexibility index (Phi) is 6.98. The van der Waals surface area contributed by atoms with E-state index in [-0.39, 0.29) is 12.2 Å². The van der Waals surface area contributed by atoms with Gasteiger partial charge in [-0.1, -0.05) is 24.3 Å². The molecule has 0 fully saturated rings. The molecule has 4 nitrogen and oxygen atoms in total. The average molecular weight is 416 g/mol. The number of benzene rings is 1. The molecule has 0 unspecified atom stereocenters. The molecular formula is C18H24F3NO3Si2. The molecular weight excluding hydrogens is 391 g/mol. The number of pyridine rings is 1. The molecule has 0 saturated carbocycles. The van der Waals surface area contributed by atoms with Gasteiger partial charge in [-0.2, -0.15) is 13.2 Å². The van der Waals surface area contributed by atoms with Gasteiger partial charge in [0.1, 0.15) is 0 Å². The zero-order valence-electron chi connectivity index (χ0n) is 15.8. The van der Waals surface area contributed by atoms with Crippen molar-refractivity contribution in [3.05, 3.63) is 65.5 Å². The molecule has 0 saturated heterocycles. The SMILES string of the molecule is C[Si](C)(OCc1cccnc1)O[Si](C)(C)OCc1ccccc1C(F)(F)F. The highest BCUT2D eigenvalue weighted by molar-refractivity contribution is 6.78. The van der Waals surface area contributed by atoms with Crippen molar-refractivity contribution < 1.29 is 26.1 Å². The lowest BCUT2D eigenvalue weighted by Crippen LogP contribution is -2.48. The summed E-state index contributed by atoms with van der Waals surface area (Å²) in [4.78, 5) is 4.04. The smallest absolute Gasteiger partial charge is 0.415 e. The molecule has 0 aliphatic carbocycles. The first-order valence-electron chi connectivity index (χ1n) is 8.51. The minimum atomic E-state index is -4.41. The zero-order valence-corrected chi connectivity index (χ0v) is 17.8. The molecule has 2 aromatic rings. The molecule has 1 heterocycles. The summed E-state index contributed by atoms with van der Waals surface area (Å²) in [5, 5.41) is 0. The quantitative estimate of drug-likeness (QED) is 0.552. The predicted molar refractivity (Wildman–Crippen MR) is 101 cm³/mol. The summed E-state index contributed by atoms with van der Waals surface area (Å²) in [5.74, 6) is 0. The third-order valence-corrected chi connectivity index (χ3v) is 9.31. The van der Waals surface area contributed by atoms with Gasteiger partial charge in [-0.15, -0.1) is 0 Å². The van der Waals surface area contributed by atoms with E-state index in [0.29, 0.717) is 6.61 Å². The molecule has 0 amide bonds. The normalized spacial score (nSPS) is 13.0. The van der Waals surface area contributed by atoms with Crippen LogP contribution >= 0.6 is 0 Å². The Bertz CT molecular complexity index is 740. The van der Waals surface area contributed by atoms with Crippen LogP contribution in [0.2, 0.25) is 26.2 Å². The second kappa shape index (κ2) is 8.65. The largest absolute Gasteiger partial charge is 0.416 e. The van der Waals surface area contributed by atoms with Crippen LogP contribution in [0.5, 0.6) is 0 Å². The van der Waals surface area contributed by atoms with Crippen molar-refractivity contribution in [1.82, 2.24) is 4.98 Å². The van der Waals surface area contributed by atoms with Crippen molar-refractivity contribution in [3.8, 4) is 0 Å². The Hall–Kier alpha value is -1.53. The van der Waals surface area contributed by atoms with Gasteiger partial charge in [0.2, 0.25) is 0 Å². The third kappa shape index (κ3) is 7.19. The highest BCUT2D eigenvalue weighted by atomic mass is 28.5. The lowest BCUT2D eigenvalue weighted by molar-refractivity contribution is -0.138. The van der Waals surface area contributed by atoms with Gasteiger partial charge in [0.05, 0.1) is 18.8 Å². The van der Waals surface area contributed by atoms with E-state index in [4.69, 9.17) is 13.0 Å². The number of halogens is 3. The van der Waals surface area contributed by atoms with E-state index >= 15 is 0 Å². The van der Waals surface area contributed by atoms with Crippen LogP contribution in [0.1, 0.15) is 16.7 Å². The highest BCUT2D eigenvalue weighted by Crippen LogP contribution is 2.32. The van der Waals surface area contributed by atoms with E-state index < -0.39 is 28.9 Å². The second-order valence-corrected chi connectivity index (χ2v) is 14.0. The number of aromatic nitrogens is 1. The van der Waals surface area contributed by atoms with Gasteiger partial charge < -0.3 is 13.0 Å². The van der Waals surface area contributed by atoms with Crippen LogP contribution in [0.3, 0.4) is 0 Å². The van der Waals surface area contributed by atoms with Gasteiger partial charge in [-0.25, -0.2) is 0 Å². The zero-order chi connectivity index (χ0) is 20.1. The summed E-state index contributed by atoms with van der Waals surface area (Å²) in [6.07, 6.45) is -1.00. The first-order chi connectivity index (χ1) is 12.5. The first-order valence-corrected chi connectivity index (χ1v) is 14.1. The van der Waals surface area contributed by atoms with Crippen LogP contribution in [0, 0.1) is 0 Å². The van der Waals surface area contributed by atoms with Gasteiger partial charge in [0.15, 0.2) is 0 Å². The van der Waals surface area contributed by atoms with E-state index in [1.54, 1.807) is 18.5 Å². The molecule has 0 aliphatic heterocycles. The topological polar surface area (TPSA) is 40.6 Å². The van der Waals surface area contributed by atoms with Crippen molar-refractivity contribution in [2.24, 2.45) is 0 Å². The van der Waals surface area contributed by atoms with Crippen molar-refractivity contribution >= 4 is 17.1 Å². The van der Waals surface area contributed by atoms with Crippen LogP contribution in [0.4, 0.5) is 13.2 Å². The van der Waals surface area contributed by atoms with Crippen molar-refractivity contribution in [2.75, 3.05) is 0 Å². The Morgan fingerprint density at radius 3 is 2.11 bits per heavy atom. The number of hydrogen-bond acceptors (Lipinski definition) is 4. The van der Waals surface area contributed by atoms with Crippen molar-refractivity contribution in [3.63, 3.8) is 0 Å². The van der Waals surface area contributed by atoms with Crippen LogP contribution in [0.15, 0.2) is 48.8 Å². The minimum absolute atomic E-state index is 0.102. The molecule has 1 aromatic heterocycles. The maximum Gasteiger partial charge on any atom is 0.416 e. The summed E-state index contributed by atoms with van der Waals surface area (Å²) in [6.45, 7) is 7.63. The van der Waals surface area contributed by atoms with E-state index in [9.17, 15) is 13.2 Å². The highest BCUT2D eigenvalue weighted by Gasteiger charge is 2.38. The lowest BCUT2D eigenvalue weighted by atomic mass is 10.1. The number of nitrogens with zero attached hydrogens (tertiary/aromatic N) is 1. The van der Waals surface area contributed by atoms with E-state index in [1.165, 1.54) is 12.1 Å². The molecule has 0 bridgehead atoms.